The van der Waals surface area contributed by atoms with E-state index >= 15 is 0 Å². The molecule has 0 atom stereocenters. The lowest BCUT2D eigenvalue weighted by Crippen LogP contribution is -2.30. The van der Waals surface area contributed by atoms with Gasteiger partial charge >= 0.3 is 0 Å². The molecule has 0 fully saturated rings. The summed E-state index contributed by atoms with van der Waals surface area (Å²) in [6.45, 7) is 19.0. The van der Waals surface area contributed by atoms with Crippen LogP contribution in [0.4, 0.5) is 28.6 Å². The molecule has 0 radical (unpaired) electrons. The van der Waals surface area contributed by atoms with Crippen molar-refractivity contribution in [2.24, 2.45) is 0 Å². The third-order valence-corrected chi connectivity index (χ3v) is 6.14. The van der Waals surface area contributed by atoms with Gasteiger partial charge in [-0.05, 0) is 53.6 Å². The van der Waals surface area contributed by atoms with Crippen LogP contribution < -0.4 is 4.90 Å². The van der Waals surface area contributed by atoms with E-state index in [1.165, 1.54) is 22.5 Å². The zero-order chi connectivity index (χ0) is 22.3. The first-order valence-corrected chi connectivity index (χ1v) is 10.4. The van der Waals surface area contributed by atoms with Gasteiger partial charge in [0.2, 0.25) is 5.69 Å². The van der Waals surface area contributed by atoms with Gasteiger partial charge in [-0.1, -0.05) is 62.9 Å². The molecule has 0 saturated carbocycles. The second kappa shape index (κ2) is 7.38. The first kappa shape index (κ1) is 19.5. The van der Waals surface area contributed by atoms with Crippen molar-refractivity contribution in [2.45, 2.75) is 19.3 Å². The predicted octanol–water partition coefficient (Wildman–Crippen LogP) is 7.96. The van der Waals surface area contributed by atoms with Crippen molar-refractivity contribution >= 4 is 28.6 Å². The molecule has 1 aliphatic rings. The van der Waals surface area contributed by atoms with E-state index in [1.807, 2.05) is 12.1 Å². The van der Waals surface area contributed by atoms with Crippen LogP contribution in [0, 0.1) is 13.1 Å². The van der Waals surface area contributed by atoms with E-state index in [4.69, 9.17) is 13.1 Å². The van der Waals surface area contributed by atoms with E-state index in [0.29, 0.717) is 5.69 Å². The maximum Gasteiger partial charge on any atom is 0.274 e. The summed E-state index contributed by atoms with van der Waals surface area (Å²) in [5.74, 6) is 0.141. The lowest BCUT2D eigenvalue weighted by atomic mass is 9.73. The Morgan fingerprint density at radius 1 is 0.719 bits per heavy atom. The molecule has 152 valence electrons. The molecule has 4 heteroatoms. The highest BCUT2D eigenvalue weighted by atomic mass is 15.2. The number of hydrogen-bond acceptors (Lipinski definition) is 2. The van der Waals surface area contributed by atoms with E-state index in [2.05, 4.69) is 94.1 Å². The fourth-order valence-corrected chi connectivity index (χ4v) is 4.50. The molecule has 0 unspecified atom stereocenters. The van der Waals surface area contributed by atoms with Gasteiger partial charge in [0.1, 0.15) is 0 Å². The smallest absolute Gasteiger partial charge is 0.274 e. The standard InChI is InChI=1S/C28H20N4/c1-28(2)21-9-5-7-11-25(21)32(26-12-8-6-10-22(26)28)20-15-13-19(14-16-20)23-17-18-24(29-3)27(30-4)31-23/h5-18H,1-2H3. The Kier molecular flexibility index (Phi) is 4.51. The van der Waals surface area contributed by atoms with Gasteiger partial charge in [0.25, 0.3) is 5.82 Å². The molecule has 0 aliphatic carbocycles. The van der Waals surface area contributed by atoms with Crippen LogP contribution in [0.25, 0.3) is 20.9 Å². The Hall–Kier alpha value is -4.41. The summed E-state index contributed by atoms with van der Waals surface area (Å²) in [6.07, 6.45) is 0. The Bertz CT molecular complexity index is 1370. The van der Waals surface area contributed by atoms with Crippen LogP contribution in [0.3, 0.4) is 0 Å². The molecule has 0 saturated heterocycles. The Balaban J connectivity index is 1.62. The van der Waals surface area contributed by atoms with Gasteiger partial charge in [0.05, 0.1) is 17.9 Å². The second-order valence-electron chi connectivity index (χ2n) is 8.30. The Morgan fingerprint density at radius 3 is 1.88 bits per heavy atom. The first-order chi connectivity index (χ1) is 15.5. The number of pyridine rings is 1. The topological polar surface area (TPSA) is 24.9 Å². The summed E-state index contributed by atoms with van der Waals surface area (Å²) in [4.78, 5) is 13.5. The summed E-state index contributed by atoms with van der Waals surface area (Å²) in [5, 5.41) is 0. The average Bonchev–Trinajstić information content (AvgIpc) is 2.84. The number of hydrogen-bond donors (Lipinski definition) is 0. The molecule has 5 rings (SSSR count). The highest BCUT2D eigenvalue weighted by Gasteiger charge is 2.36. The number of para-hydroxylation sites is 2. The highest BCUT2D eigenvalue weighted by Crippen LogP contribution is 2.51. The van der Waals surface area contributed by atoms with E-state index in [1.54, 1.807) is 12.1 Å². The van der Waals surface area contributed by atoms with E-state index in [9.17, 15) is 0 Å². The Morgan fingerprint density at radius 2 is 1.31 bits per heavy atom. The summed E-state index contributed by atoms with van der Waals surface area (Å²) < 4.78 is 0. The maximum atomic E-state index is 7.30. The van der Waals surface area contributed by atoms with Crippen LogP contribution in [0.1, 0.15) is 25.0 Å². The minimum atomic E-state index is -0.0889. The monoisotopic (exact) mass is 412 g/mol. The third-order valence-electron chi connectivity index (χ3n) is 6.14. The van der Waals surface area contributed by atoms with Crippen LogP contribution in [-0.4, -0.2) is 4.98 Å². The van der Waals surface area contributed by atoms with E-state index in [0.717, 1.165) is 11.3 Å². The van der Waals surface area contributed by atoms with E-state index < -0.39 is 0 Å². The fourth-order valence-electron chi connectivity index (χ4n) is 4.50. The summed E-state index contributed by atoms with van der Waals surface area (Å²) in [7, 11) is 0. The Labute approximate surface area is 188 Å². The number of nitrogens with zero attached hydrogens (tertiary/aromatic N) is 4. The SMILES string of the molecule is [C-]#[N+]c1ccc(-c2ccc(N3c4ccccc4C(C)(C)c4ccccc43)cc2)nc1[N+]#[C-]. The summed E-state index contributed by atoms with van der Waals surface area (Å²) in [5.41, 5.74) is 7.80. The van der Waals surface area contributed by atoms with Crippen molar-refractivity contribution in [3.63, 3.8) is 0 Å². The molecule has 1 aliphatic heterocycles. The lowest BCUT2D eigenvalue weighted by Gasteiger charge is -2.42. The minimum Gasteiger partial charge on any atom is -0.371 e. The quantitative estimate of drug-likeness (QED) is 0.312. The van der Waals surface area contributed by atoms with Crippen LogP contribution in [0.2, 0.25) is 0 Å². The molecule has 0 amide bonds. The van der Waals surface area contributed by atoms with Crippen LogP contribution >= 0.6 is 0 Å². The predicted molar refractivity (Wildman–Crippen MR) is 129 cm³/mol. The summed E-state index contributed by atoms with van der Waals surface area (Å²) in [6, 6.07) is 28.8. The van der Waals surface area contributed by atoms with Gasteiger partial charge in [-0.2, -0.15) is 0 Å². The number of rotatable bonds is 2. The fraction of sp³-hybridized carbons (Fsp3) is 0.107. The molecule has 4 nitrogen and oxygen atoms in total. The van der Waals surface area contributed by atoms with Crippen molar-refractivity contribution in [3.8, 4) is 11.3 Å². The average molecular weight is 412 g/mol. The van der Waals surface area contributed by atoms with Gasteiger partial charge in [-0.15, -0.1) is 4.98 Å². The van der Waals surface area contributed by atoms with Crippen LogP contribution in [0.5, 0.6) is 0 Å². The molecule has 3 aromatic carbocycles. The zero-order valence-corrected chi connectivity index (χ0v) is 17.9. The molecular weight excluding hydrogens is 392 g/mol. The van der Waals surface area contributed by atoms with E-state index in [-0.39, 0.29) is 16.9 Å². The number of benzene rings is 3. The molecule has 4 aromatic rings. The van der Waals surface area contributed by atoms with Crippen molar-refractivity contribution in [3.05, 3.63) is 119 Å². The van der Waals surface area contributed by atoms with Gasteiger partial charge in [0, 0.05) is 16.7 Å². The zero-order valence-electron chi connectivity index (χ0n) is 17.9. The minimum absolute atomic E-state index is 0.0889. The second-order valence-corrected chi connectivity index (χ2v) is 8.30. The highest BCUT2D eigenvalue weighted by molar-refractivity contribution is 5.86. The summed E-state index contributed by atoms with van der Waals surface area (Å²) >= 11 is 0. The van der Waals surface area contributed by atoms with Crippen LogP contribution in [0.15, 0.2) is 84.9 Å². The molecule has 0 bridgehead atoms. The number of fused-ring (bicyclic) bond motifs is 2. The molecule has 32 heavy (non-hydrogen) atoms. The third kappa shape index (κ3) is 2.94. The number of aromatic nitrogens is 1. The van der Waals surface area contributed by atoms with Gasteiger partial charge in [-0.25, -0.2) is 4.85 Å². The van der Waals surface area contributed by atoms with Gasteiger partial charge < -0.3 is 9.74 Å². The van der Waals surface area contributed by atoms with Crippen molar-refractivity contribution in [1.29, 1.82) is 0 Å². The molecular formula is C28H20N4. The first-order valence-electron chi connectivity index (χ1n) is 10.4. The molecule has 0 spiro atoms. The van der Waals surface area contributed by atoms with Gasteiger partial charge in [-0.3, -0.25) is 0 Å². The van der Waals surface area contributed by atoms with Crippen molar-refractivity contribution < 1.29 is 0 Å². The van der Waals surface area contributed by atoms with Crippen LogP contribution in [-0.2, 0) is 5.41 Å². The number of anilines is 3. The molecule has 0 N–H and O–H groups in total. The molecule has 2 heterocycles. The van der Waals surface area contributed by atoms with Crippen molar-refractivity contribution in [2.75, 3.05) is 4.90 Å². The van der Waals surface area contributed by atoms with Gasteiger partial charge in [0.15, 0.2) is 5.69 Å². The van der Waals surface area contributed by atoms with Crippen molar-refractivity contribution in [1.82, 2.24) is 4.98 Å². The maximum absolute atomic E-state index is 7.30. The molecule has 1 aromatic heterocycles. The lowest BCUT2D eigenvalue weighted by molar-refractivity contribution is 0.632. The normalized spacial score (nSPS) is 13.4. The largest absolute Gasteiger partial charge is 0.371 e.